The van der Waals surface area contributed by atoms with Gasteiger partial charge in [0.05, 0.1) is 26.4 Å². The molecule has 0 N–H and O–H groups in total. The first kappa shape index (κ1) is 28.9. The summed E-state index contributed by atoms with van der Waals surface area (Å²) in [7, 11) is 0.513. The molecule has 0 fully saturated rings. The lowest BCUT2D eigenvalue weighted by Crippen LogP contribution is -2.32. The summed E-state index contributed by atoms with van der Waals surface area (Å²) in [6.07, 6.45) is 0. The molecule has 4 heteroatoms. The molecule has 0 saturated heterocycles. The van der Waals surface area contributed by atoms with Gasteiger partial charge in [-0.15, -0.1) is 0 Å². The van der Waals surface area contributed by atoms with E-state index in [9.17, 15) is 0 Å². The average molecular weight is 598 g/mol. The molecule has 212 valence electrons. The van der Waals surface area contributed by atoms with Crippen molar-refractivity contribution in [3.05, 3.63) is 158 Å². The highest BCUT2D eigenvalue weighted by Gasteiger charge is 2.44. The normalized spacial score (nSPS) is 11.3. The summed E-state index contributed by atoms with van der Waals surface area (Å²) in [5, 5.41) is 7.73. The average Bonchev–Trinajstić information content (AvgIpc) is 3.09. The standard InChI is InChI=1S/C39H35O2P2/c1-40-34-26-16-28-36(42(30-18-8-4-9-19-30)31-20-10-5-11-21-31)38(34)39-35(41-2)27-17-29-37(39)43(3,32-22-12-6-13-23-32)33-24-14-7-15-25-33/h4-29H,1-3H3/q+1. The summed E-state index contributed by atoms with van der Waals surface area (Å²) in [5.74, 6) is 1.69. The van der Waals surface area contributed by atoms with Crippen LogP contribution in [0.15, 0.2) is 158 Å². The lowest BCUT2D eigenvalue weighted by Gasteiger charge is -2.29. The summed E-state index contributed by atoms with van der Waals surface area (Å²) in [4.78, 5) is 0. The van der Waals surface area contributed by atoms with Gasteiger partial charge in [0.1, 0.15) is 34.7 Å². The van der Waals surface area contributed by atoms with E-state index in [1.165, 1.54) is 31.8 Å². The van der Waals surface area contributed by atoms with Crippen LogP contribution in [0, 0.1) is 0 Å². The molecule has 6 aromatic rings. The van der Waals surface area contributed by atoms with E-state index < -0.39 is 15.2 Å². The molecule has 0 unspecified atom stereocenters. The third-order valence-electron chi connectivity index (χ3n) is 7.99. The Hall–Kier alpha value is -4.22. The maximum absolute atomic E-state index is 6.22. The van der Waals surface area contributed by atoms with E-state index in [1.807, 2.05) is 0 Å². The highest BCUT2D eigenvalue weighted by Crippen LogP contribution is 2.56. The molecular weight excluding hydrogens is 562 g/mol. The number of rotatable bonds is 9. The molecule has 6 rings (SSSR count). The molecule has 6 aromatic carbocycles. The fourth-order valence-electron chi connectivity index (χ4n) is 5.90. The van der Waals surface area contributed by atoms with Crippen LogP contribution in [0.25, 0.3) is 11.1 Å². The predicted molar refractivity (Wildman–Crippen MR) is 188 cm³/mol. The first-order chi connectivity index (χ1) is 21.2. The Labute approximate surface area is 257 Å². The smallest absolute Gasteiger partial charge is 0.130 e. The Kier molecular flexibility index (Phi) is 8.71. The molecule has 0 aliphatic heterocycles. The Morgan fingerprint density at radius 3 is 1.33 bits per heavy atom. The third-order valence-corrected chi connectivity index (χ3v) is 14.5. The van der Waals surface area contributed by atoms with Crippen LogP contribution in [0.4, 0.5) is 0 Å². The third kappa shape index (κ3) is 5.50. The molecule has 0 aliphatic carbocycles. The van der Waals surface area contributed by atoms with Crippen LogP contribution in [-0.4, -0.2) is 20.9 Å². The number of ether oxygens (including phenoxy) is 2. The Morgan fingerprint density at radius 1 is 0.442 bits per heavy atom. The Bertz CT molecular complexity index is 1710. The second kappa shape index (κ2) is 13.0. The van der Waals surface area contributed by atoms with Crippen molar-refractivity contribution in [3.8, 4) is 22.6 Å². The van der Waals surface area contributed by atoms with Crippen LogP contribution >= 0.6 is 15.2 Å². The molecule has 0 saturated carbocycles. The highest BCUT2D eigenvalue weighted by molar-refractivity contribution is 7.95. The van der Waals surface area contributed by atoms with Crippen LogP contribution in [0.3, 0.4) is 0 Å². The van der Waals surface area contributed by atoms with Gasteiger partial charge in [0.25, 0.3) is 0 Å². The fourth-order valence-corrected chi connectivity index (χ4v) is 11.8. The maximum Gasteiger partial charge on any atom is 0.130 e. The van der Waals surface area contributed by atoms with Gasteiger partial charge >= 0.3 is 0 Å². The van der Waals surface area contributed by atoms with Crippen molar-refractivity contribution in [2.75, 3.05) is 20.9 Å². The van der Waals surface area contributed by atoms with E-state index in [0.29, 0.717) is 0 Å². The number of hydrogen-bond donors (Lipinski definition) is 0. The van der Waals surface area contributed by atoms with Crippen molar-refractivity contribution in [2.45, 2.75) is 0 Å². The van der Waals surface area contributed by atoms with E-state index in [4.69, 9.17) is 9.47 Å². The molecule has 43 heavy (non-hydrogen) atoms. The van der Waals surface area contributed by atoms with Gasteiger partial charge in [-0.2, -0.15) is 0 Å². The molecule has 0 aromatic heterocycles. The molecule has 0 spiro atoms. The van der Waals surface area contributed by atoms with E-state index >= 15 is 0 Å². The van der Waals surface area contributed by atoms with Crippen molar-refractivity contribution in [1.82, 2.24) is 0 Å². The molecule has 0 atom stereocenters. The summed E-state index contributed by atoms with van der Waals surface area (Å²) < 4.78 is 12.4. The van der Waals surface area contributed by atoms with Gasteiger partial charge in [0.15, 0.2) is 0 Å². The minimum Gasteiger partial charge on any atom is -0.496 e. The summed E-state index contributed by atoms with van der Waals surface area (Å²) >= 11 is 0. The van der Waals surface area contributed by atoms with Crippen LogP contribution in [-0.2, 0) is 0 Å². The van der Waals surface area contributed by atoms with Crippen LogP contribution in [0.1, 0.15) is 0 Å². The number of methoxy groups -OCH3 is 2. The zero-order valence-corrected chi connectivity index (χ0v) is 26.5. The van der Waals surface area contributed by atoms with Crippen LogP contribution < -0.4 is 41.3 Å². The van der Waals surface area contributed by atoms with E-state index in [2.05, 4.69) is 164 Å². The fraction of sp³-hybridized carbons (Fsp3) is 0.0769. The molecule has 0 heterocycles. The van der Waals surface area contributed by atoms with Gasteiger partial charge in [0.2, 0.25) is 0 Å². The number of benzene rings is 6. The first-order valence-electron chi connectivity index (χ1n) is 14.4. The minimum absolute atomic E-state index is 0.843. The number of hydrogen-bond acceptors (Lipinski definition) is 2. The highest BCUT2D eigenvalue weighted by atomic mass is 31.2. The first-order valence-corrected chi connectivity index (χ1v) is 18.0. The molecule has 0 amide bonds. The second-order valence-corrected chi connectivity index (χ2v) is 16.1. The molecule has 0 radical (unpaired) electrons. The predicted octanol–water partition coefficient (Wildman–Crippen LogP) is 7.05. The van der Waals surface area contributed by atoms with Crippen molar-refractivity contribution in [1.29, 1.82) is 0 Å². The second-order valence-electron chi connectivity index (χ2n) is 10.4. The van der Waals surface area contributed by atoms with Crippen molar-refractivity contribution in [3.63, 3.8) is 0 Å². The molecule has 0 aliphatic rings. The van der Waals surface area contributed by atoms with E-state index in [0.717, 1.165) is 22.6 Å². The van der Waals surface area contributed by atoms with Crippen molar-refractivity contribution < 1.29 is 9.47 Å². The lowest BCUT2D eigenvalue weighted by molar-refractivity contribution is 0.411. The summed E-state index contributed by atoms with van der Waals surface area (Å²) in [6.45, 7) is 2.43. The maximum atomic E-state index is 6.22. The van der Waals surface area contributed by atoms with E-state index in [1.54, 1.807) is 14.2 Å². The molecular formula is C39H35O2P2+. The van der Waals surface area contributed by atoms with Gasteiger partial charge in [0, 0.05) is 5.56 Å². The lowest BCUT2D eigenvalue weighted by atomic mass is 10.0. The van der Waals surface area contributed by atoms with Gasteiger partial charge in [-0.25, -0.2) is 0 Å². The van der Waals surface area contributed by atoms with Gasteiger partial charge in [-0.1, -0.05) is 115 Å². The quantitative estimate of drug-likeness (QED) is 0.166. The van der Waals surface area contributed by atoms with Crippen LogP contribution in [0.5, 0.6) is 11.5 Å². The van der Waals surface area contributed by atoms with Crippen LogP contribution in [0.2, 0.25) is 0 Å². The zero-order valence-electron chi connectivity index (χ0n) is 24.7. The Balaban J connectivity index is 1.72. The monoisotopic (exact) mass is 597 g/mol. The SMILES string of the molecule is COc1cccc(P(c2ccccc2)c2ccccc2)c1-c1c(OC)cccc1[P+](C)(c1ccccc1)c1ccccc1. The van der Waals surface area contributed by atoms with E-state index in [-0.39, 0.29) is 0 Å². The van der Waals surface area contributed by atoms with Crippen molar-refractivity contribution in [2.24, 2.45) is 0 Å². The zero-order chi connectivity index (χ0) is 29.6. The largest absolute Gasteiger partial charge is 0.496 e. The Morgan fingerprint density at radius 2 is 0.860 bits per heavy atom. The minimum atomic E-state index is -2.12. The summed E-state index contributed by atoms with van der Waals surface area (Å²) in [5.41, 5.74) is 2.19. The van der Waals surface area contributed by atoms with Gasteiger partial charge < -0.3 is 9.47 Å². The summed E-state index contributed by atoms with van der Waals surface area (Å²) in [6, 6.07) is 56.6. The van der Waals surface area contributed by atoms with Gasteiger partial charge in [-0.3, -0.25) is 0 Å². The van der Waals surface area contributed by atoms with Crippen molar-refractivity contribution >= 4 is 47.0 Å². The topological polar surface area (TPSA) is 18.5 Å². The molecule has 2 nitrogen and oxygen atoms in total. The molecule has 0 bridgehead atoms. The van der Waals surface area contributed by atoms with Gasteiger partial charge in [-0.05, 0) is 66.3 Å².